The predicted molar refractivity (Wildman–Crippen MR) is 89.2 cm³/mol. The standard InChI is InChI=1S/C17H19N5O/c1-21(12-17(23)22-8-6-19-7-9-22)16-10-13(11-18)14-4-2-3-5-15(14)20-16/h2-5,10,19H,6-9,12H2,1H3. The molecule has 0 bridgehead atoms. The second kappa shape index (κ2) is 6.63. The number of hydrogen-bond acceptors (Lipinski definition) is 5. The first-order valence-electron chi connectivity index (χ1n) is 7.68. The summed E-state index contributed by atoms with van der Waals surface area (Å²) in [5.74, 6) is 0.728. The molecule has 1 aliphatic heterocycles. The van der Waals surface area contributed by atoms with Crippen LogP contribution in [0.2, 0.25) is 0 Å². The highest BCUT2D eigenvalue weighted by molar-refractivity contribution is 5.87. The summed E-state index contributed by atoms with van der Waals surface area (Å²) < 4.78 is 0. The molecule has 0 spiro atoms. The monoisotopic (exact) mass is 309 g/mol. The maximum absolute atomic E-state index is 12.4. The normalized spacial score (nSPS) is 14.5. The van der Waals surface area contributed by atoms with E-state index in [0.717, 1.165) is 37.1 Å². The van der Waals surface area contributed by atoms with Gasteiger partial charge in [-0.15, -0.1) is 0 Å². The highest BCUT2D eigenvalue weighted by atomic mass is 16.2. The first-order valence-corrected chi connectivity index (χ1v) is 7.68. The van der Waals surface area contributed by atoms with Crippen molar-refractivity contribution in [2.45, 2.75) is 0 Å². The van der Waals surface area contributed by atoms with Crippen LogP contribution in [0.25, 0.3) is 10.9 Å². The minimum absolute atomic E-state index is 0.0856. The third kappa shape index (κ3) is 3.25. The maximum atomic E-state index is 12.4. The van der Waals surface area contributed by atoms with E-state index in [1.165, 1.54) is 0 Å². The van der Waals surface area contributed by atoms with Crippen LogP contribution < -0.4 is 10.2 Å². The molecule has 1 aromatic heterocycles. The van der Waals surface area contributed by atoms with Gasteiger partial charge in [-0.25, -0.2) is 4.98 Å². The number of benzene rings is 1. The van der Waals surface area contributed by atoms with Crippen molar-refractivity contribution in [3.8, 4) is 6.07 Å². The van der Waals surface area contributed by atoms with E-state index in [4.69, 9.17) is 0 Å². The van der Waals surface area contributed by atoms with Gasteiger partial charge in [-0.05, 0) is 12.1 Å². The summed E-state index contributed by atoms with van der Waals surface area (Å²) in [7, 11) is 1.83. The fourth-order valence-electron chi connectivity index (χ4n) is 2.75. The molecule has 0 radical (unpaired) electrons. The average Bonchev–Trinajstić information content (AvgIpc) is 2.61. The molecule has 0 aliphatic carbocycles. The van der Waals surface area contributed by atoms with Crippen molar-refractivity contribution in [1.29, 1.82) is 5.26 Å². The minimum atomic E-state index is 0.0856. The summed E-state index contributed by atoms with van der Waals surface area (Å²) in [6, 6.07) is 11.5. The summed E-state index contributed by atoms with van der Waals surface area (Å²) in [5, 5.41) is 13.4. The van der Waals surface area contributed by atoms with Crippen molar-refractivity contribution in [1.82, 2.24) is 15.2 Å². The lowest BCUT2D eigenvalue weighted by molar-refractivity contribution is -0.130. The Morgan fingerprint density at radius 2 is 2.13 bits per heavy atom. The van der Waals surface area contributed by atoms with Crippen LogP contribution in [0.3, 0.4) is 0 Å². The van der Waals surface area contributed by atoms with Crippen LogP contribution in [0.5, 0.6) is 0 Å². The van der Waals surface area contributed by atoms with E-state index < -0.39 is 0 Å². The molecule has 23 heavy (non-hydrogen) atoms. The number of nitrogens with zero attached hydrogens (tertiary/aromatic N) is 4. The molecule has 6 nitrogen and oxygen atoms in total. The van der Waals surface area contributed by atoms with Crippen LogP contribution in [-0.4, -0.2) is 55.6 Å². The second-order valence-electron chi connectivity index (χ2n) is 5.64. The summed E-state index contributed by atoms with van der Waals surface area (Å²) in [5.41, 5.74) is 1.34. The van der Waals surface area contributed by atoms with E-state index in [9.17, 15) is 10.1 Å². The van der Waals surface area contributed by atoms with Gasteiger partial charge in [0.1, 0.15) is 5.82 Å². The molecule has 0 unspecified atom stereocenters. The van der Waals surface area contributed by atoms with Crippen LogP contribution >= 0.6 is 0 Å². The lowest BCUT2D eigenvalue weighted by Gasteiger charge is -2.29. The van der Waals surface area contributed by atoms with Gasteiger partial charge in [0, 0.05) is 38.6 Å². The third-order valence-corrected chi connectivity index (χ3v) is 4.06. The number of rotatable bonds is 3. The Labute approximate surface area is 135 Å². The number of fused-ring (bicyclic) bond motifs is 1. The number of carbonyl (C=O) groups excluding carboxylic acids is 1. The topological polar surface area (TPSA) is 72.3 Å². The molecular formula is C17H19N5O. The number of amides is 1. The number of piperazine rings is 1. The summed E-state index contributed by atoms with van der Waals surface area (Å²) >= 11 is 0. The van der Waals surface area contributed by atoms with E-state index in [0.29, 0.717) is 11.4 Å². The number of anilines is 1. The number of aromatic nitrogens is 1. The van der Waals surface area contributed by atoms with Gasteiger partial charge in [0.25, 0.3) is 0 Å². The van der Waals surface area contributed by atoms with E-state index >= 15 is 0 Å². The second-order valence-corrected chi connectivity index (χ2v) is 5.64. The lowest BCUT2D eigenvalue weighted by atomic mass is 10.1. The highest BCUT2D eigenvalue weighted by Gasteiger charge is 2.18. The van der Waals surface area contributed by atoms with Gasteiger partial charge in [-0.2, -0.15) is 5.26 Å². The largest absolute Gasteiger partial charge is 0.350 e. The Kier molecular flexibility index (Phi) is 4.40. The van der Waals surface area contributed by atoms with E-state index in [-0.39, 0.29) is 12.5 Å². The van der Waals surface area contributed by atoms with Crippen molar-refractivity contribution >= 4 is 22.6 Å². The molecule has 1 saturated heterocycles. The first-order chi connectivity index (χ1) is 11.2. The fraction of sp³-hybridized carbons (Fsp3) is 0.353. The van der Waals surface area contributed by atoms with Gasteiger partial charge in [-0.3, -0.25) is 4.79 Å². The van der Waals surface area contributed by atoms with Crippen molar-refractivity contribution in [2.75, 3.05) is 44.7 Å². The van der Waals surface area contributed by atoms with Crippen molar-refractivity contribution in [3.05, 3.63) is 35.9 Å². The zero-order chi connectivity index (χ0) is 16.2. The molecule has 6 heteroatoms. The quantitative estimate of drug-likeness (QED) is 0.915. The molecule has 2 aromatic rings. The molecule has 0 saturated carbocycles. The fourth-order valence-corrected chi connectivity index (χ4v) is 2.75. The summed E-state index contributed by atoms with van der Waals surface area (Å²) in [6.45, 7) is 3.41. The Hall–Kier alpha value is -2.65. The summed E-state index contributed by atoms with van der Waals surface area (Å²) in [6.07, 6.45) is 0. The number of nitrogens with one attached hydrogen (secondary N) is 1. The minimum Gasteiger partial charge on any atom is -0.350 e. The molecule has 2 heterocycles. The third-order valence-electron chi connectivity index (χ3n) is 4.06. The first kappa shape index (κ1) is 15.3. The lowest BCUT2D eigenvalue weighted by Crippen LogP contribution is -2.49. The summed E-state index contributed by atoms with van der Waals surface area (Å²) in [4.78, 5) is 20.6. The molecule has 1 fully saturated rings. The average molecular weight is 309 g/mol. The van der Waals surface area contributed by atoms with E-state index in [1.54, 1.807) is 11.0 Å². The smallest absolute Gasteiger partial charge is 0.242 e. The molecule has 1 N–H and O–H groups in total. The van der Waals surface area contributed by atoms with E-state index in [1.807, 2.05) is 36.2 Å². The molecule has 1 aliphatic rings. The maximum Gasteiger partial charge on any atom is 0.242 e. The SMILES string of the molecule is CN(CC(=O)N1CCNCC1)c1cc(C#N)c2ccccc2n1. The van der Waals surface area contributed by atoms with Crippen LogP contribution in [0.1, 0.15) is 5.56 Å². The number of para-hydroxylation sites is 1. The number of carbonyl (C=O) groups is 1. The number of nitriles is 1. The molecular weight excluding hydrogens is 290 g/mol. The van der Waals surface area contributed by atoms with E-state index in [2.05, 4.69) is 16.4 Å². The Morgan fingerprint density at radius 3 is 2.87 bits per heavy atom. The number of pyridine rings is 1. The van der Waals surface area contributed by atoms with Gasteiger partial charge >= 0.3 is 0 Å². The Balaban J connectivity index is 1.82. The van der Waals surface area contributed by atoms with Gasteiger partial charge in [0.05, 0.1) is 23.7 Å². The Bertz CT molecular complexity index is 761. The number of likely N-dealkylation sites (N-methyl/N-ethyl adjacent to an activating group) is 1. The van der Waals surface area contributed by atoms with Gasteiger partial charge in [0.2, 0.25) is 5.91 Å². The predicted octanol–water partition coefficient (Wildman–Crippen LogP) is 0.974. The van der Waals surface area contributed by atoms with Gasteiger partial charge in [-0.1, -0.05) is 18.2 Å². The zero-order valence-electron chi connectivity index (χ0n) is 13.1. The molecule has 118 valence electrons. The molecule has 1 aromatic carbocycles. The van der Waals surface area contributed by atoms with Crippen molar-refractivity contribution in [3.63, 3.8) is 0 Å². The number of hydrogen-bond donors (Lipinski definition) is 1. The van der Waals surface area contributed by atoms with Gasteiger partial charge in [0.15, 0.2) is 0 Å². The van der Waals surface area contributed by atoms with Gasteiger partial charge < -0.3 is 15.1 Å². The van der Waals surface area contributed by atoms with Crippen LogP contribution in [0.15, 0.2) is 30.3 Å². The van der Waals surface area contributed by atoms with Crippen molar-refractivity contribution < 1.29 is 4.79 Å². The van der Waals surface area contributed by atoms with Crippen LogP contribution in [0.4, 0.5) is 5.82 Å². The molecule has 3 rings (SSSR count). The van der Waals surface area contributed by atoms with Crippen molar-refractivity contribution in [2.24, 2.45) is 0 Å². The highest BCUT2D eigenvalue weighted by Crippen LogP contribution is 2.21. The molecule has 0 atom stereocenters. The molecule has 1 amide bonds. The zero-order valence-corrected chi connectivity index (χ0v) is 13.1. The van der Waals surface area contributed by atoms with Crippen LogP contribution in [0, 0.1) is 11.3 Å². The Morgan fingerprint density at radius 1 is 1.39 bits per heavy atom. The van der Waals surface area contributed by atoms with Crippen LogP contribution in [-0.2, 0) is 4.79 Å².